The lowest BCUT2D eigenvalue weighted by Gasteiger charge is -2.36. The first-order chi connectivity index (χ1) is 26.6. The number of benzene rings is 7. The van der Waals surface area contributed by atoms with Gasteiger partial charge in [-0.25, -0.2) is 0 Å². The molecule has 54 heavy (non-hydrogen) atoms. The molecule has 0 saturated heterocycles. The minimum absolute atomic E-state index is 0.0797. The first-order valence-corrected chi connectivity index (χ1v) is 18.8. The third-order valence-corrected chi connectivity index (χ3v) is 11.5. The van der Waals surface area contributed by atoms with Crippen LogP contribution in [0.4, 0.5) is 34.1 Å². The molecule has 9 aromatic rings. The summed E-state index contributed by atoms with van der Waals surface area (Å²) < 4.78 is 5.07. The zero-order valence-electron chi connectivity index (χ0n) is 30.5. The van der Waals surface area contributed by atoms with E-state index in [-0.39, 0.29) is 6.71 Å². The molecular weight excluding hydrogens is 655 g/mol. The van der Waals surface area contributed by atoms with Gasteiger partial charge in [-0.15, -0.1) is 0 Å². The molecule has 2 aliphatic heterocycles. The number of rotatable bonds is 6. The number of anilines is 6. The van der Waals surface area contributed by atoms with Crippen molar-refractivity contribution in [3.05, 3.63) is 187 Å². The molecular formula is C49H37BN4. The lowest BCUT2D eigenvalue weighted by Crippen LogP contribution is -2.59. The van der Waals surface area contributed by atoms with Crippen molar-refractivity contribution in [1.29, 1.82) is 0 Å². The second-order valence-electron chi connectivity index (χ2n) is 14.8. The van der Waals surface area contributed by atoms with Gasteiger partial charge in [-0.05, 0) is 128 Å². The standard InChI is InChI=1S/C49H37BN4/c1-32-28-45-47-46(29-32)52-34(3)31-40-44(54(37-20-12-6-13-21-37)38-22-14-7-15-23-38)27-25-42(49(40)52)50(47)41-24-26-43(39-30-33(2)51(45)48(39)41)53(35-16-8-4-9-17-35)36-18-10-5-11-19-36/h4-31H,1-3H3. The molecule has 0 aliphatic carbocycles. The minimum atomic E-state index is 0.0797. The second-order valence-corrected chi connectivity index (χ2v) is 14.8. The van der Waals surface area contributed by atoms with E-state index < -0.39 is 0 Å². The molecule has 7 aromatic carbocycles. The van der Waals surface area contributed by atoms with E-state index in [0.717, 1.165) is 22.7 Å². The van der Waals surface area contributed by atoms with E-state index >= 15 is 0 Å². The van der Waals surface area contributed by atoms with E-state index in [0.29, 0.717) is 0 Å². The number of hydrogen-bond acceptors (Lipinski definition) is 2. The van der Waals surface area contributed by atoms with E-state index in [1.807, 2.05) is 0 Å². The van der Waals surface area contributed by atoms with Gasteiger partial charge in [0.25, 0.3) is 6.71 Å². The highest BCUT2D eigenvalue weighted by Crippen LogP contribution is 2.44. The molecule has 0 bridgehead atoms. The van der Waals surface area contributed by atoms with Gasteiger partial charge in [0.05, 0.1) is 22.4 Å². The third-order valence-electron chi connectivity index (χ3n) is 11.5. The van der Waals surface area contributed by atoms with Crippen LogP contribution in [-0.4, -0.2) is 15.8 Å². The number of aromatic nitrogens is 2. The van der Waals surface area contributed by atoms with E-state index in [4.69, 9.17) is 0 Å². The van der Waals surface area contributed by atoms with Crippen LogP contribution in [0.5, 0.6) is 0 Å². The number of para-hydroxylation sites is 4. The molecule has 4 nitrogen and oxygen atoms in total. The molecule has 0 N–H and O–H groups in total. The van der Waals surface area contributed by atoms with Crippen LogP contribution in [0.25, 0.3) is 33.2 Å². The van der Waals surface area contributed by atoms with Gasteiger partial charge >= 0.3 is 0 Å². The fraction of sp³-hybridized carbons (Fsp3) is 0.0612. The summed E-state index contributed by atoms with van der Waals surface area (Å²) in [6, 6.07) is 62.2. The summed E-state index contributed by atoms with van der Waals surface area (Å²) in [5.41, 5.74) is 19.9. The first kappa shape index (κ1) is 30.9. The van der Waals surface area contributed by atoms with Gasteiger partial charge < -0.3 is 18.9 Å². The summed E-state index contributed by atoms with van der Waals surface area (Å²) >= 11 is 0. The van der Waals surface area contributed by atoms with Crippen LogP contribution < -0.4 is 26.2 Å². The van der Waals surface area contributed by atoms with Crippen LogP contribution >= 0.6 is 0 Å². The predicted molar refractivity (Wildman–Crippen MR) is 228 cm³/mol. The summed E-state index contributed by atoms with van der Waals surface area (Å²) in [6.07, 6.45) is 0. The molecule has 2 aliphatic rings. The molecule has 11 rings (SSSR count). The zero-order valence-corrected chi connectivity index (χ0v) is 30.5. The van der Waals surface area contributed by atoms with Gasteiger partial charge in [0.15, 0.2) is 0 Å². The molecule has 4 heterocycles. The molecule has 0 spiro atoms. The maximum absolute atomic E-state index is 2.53. The molecule has 2 aromatic heterocycles. The molecule has 0 amide bonds. The van der Waals surface area contributed by atoms with Gasteiger partial charge in [-0.2, -0.15) is 0 Å². The third kappa shape index (κ3) is 4.33. The molecule has 256 valence electrons. The van der Waals surface area contributed by atoms with Crippen LogP contribution in [0.15, 0.2) is 170 Å². The Hall–Kier alpha value is -6.72. The summed E-state index contributed by atoms with van der Waals surface area (Å²) in [4.78, 5) is 4.81. The number of hydrogen-bond donors (Lipinski definition) is 0. The molecule has 0 atom stereocenters. The van der Waals surface area contributed by atoms with Gasteiger partial charge in [0, 0.05) is 56.3 Å². The Bertz CT molecular complexity index is 2640. The smallest absolute Gasteiger partial charge is 0.252 e. The lowest BCUT2D eigenvalue weighted by atomic mass is 9.34. The van der Waals surface area contributed by atoms with Gasteiger partial charge in [-0.1, -0.05) is 84.9 Å². The van der Waals surface area contributed by atoms with Crippen LogP contribution in [-0.2, 0) is 0 Å². The highest BCUT2D eigenvalue weighted by molar-refractivity contribution is 7.00. The SMILES string of the molecule is Cc1cc2c3c(c1)-n1c(C)cc4c(N(c5ccccc5)c5ccccc5)ccc(c41)B3c1ccc(N(c3ccccc3)c3ccccc3)c3cc(C)n-2c13. The van der Waals surface area contributed by atoms with Crippen molar-refractivity contribution < 1.29 is 0 Å². The summed E-state index contributed by atoms with van der Waals surface area (Å²) in [6.45, 7) is 6.86. The van der Waals surface area contributed by atoms with E-state index in [1.165, 1.54) is 77.9 Å². The quantitative estimate of drug-likeness (QED) is 0.161. The average molecular weight is 693 g/mol. The van der Waals surface area contributed by atoms with Crippen molar-refractivity contribution >= 4 is 79.0 Å². The predicted octanol–water partition coefficient (Wildman–Crippen LogP) is 10.6. The summed E-state index contributed by atoms with van der Waals surface area (Å²) in [5.74, 6) is 0. The van der Waals surface area contributed by atoms with E-state index in [1.54, 1.807) is 0 Å². The van der Waals surface area contributed by atoms with Gasteiger partial charge in [0.1, 0.15) is 0 Å². The Balaban J connectivity index is 1.20. The molecule has 0 unspecified atom stereocenters. The van der Waals surface area contributed by atoms with Crippen LogP contribution in [0.2, 0.25) is 0 Å². The summed E-state index contributed by atoms with van der Waals surface area (Å²) in [5, 5.41) is 2.52. The number of aryl methyl sites for hydroxylation is 3. The highest BCUT2D eigenvalue weighted by Gasteiger charge is 2.41. The van der Waals surface area contributed by atoms with Gasteiger partial charge in [-0.3, -0.25) is 0 Å². The Morgan fingerprint density at radius 1 is 0.407 bits per heavy atom. The maximum Gasteiger partial charge on any atom is 0.252 e. The van der Waals surface area contributed by atoms with E-state index in [9.17, 15) is 0 Å². The van der Waals surface area contributed by atoms with Crippen LogP contribution in [0, 0.1) is 20.8 Å². The van der Waals surface area contributed by atoms with Crippen molar-refractivity contribution in [3.8, 4) is 11.4 Å². The zero-order chi connectivity index (χ0) is 36.1. The summed E-state index contributed by atoms with van der Waals surface area (Å²) in [7, 11) is 0. The Morgan fingerprint density at radius 2 is 0.759 bits per heavy atom. The normalized spacial score (nSPS) is 12.3. The minimum Gasteiger partial charge on any atom is -0.315 e. The first-order valence-electron chi connectivity index (χ1n) is 18.8. The van der Waals surface area contributed by atoms with Crippen LogP contribution in [0.3, 0.4) is 0 Å². The van der Waals surface area contributed by atoms with Gasteiger partial charge in [0.2, 0.25) is 0 Å². The van der Waals surface area contributed by atoms with Crippen molar-refractivity contribution in [1.82, 2.24) is 9.13 Å². The fourth-order valence-electron chi connectivity index (χ4n) is 9.46. The molecule has 5 heteroatoms. The number of fused-ring (bicyclic) bond motifs is 4. The monoisotopic (exact) mass is 692 g/mol. The van der Waals surface area contributed by atoms with Crippen molar-refractivity contribution in [2.75, 3.05) is 9.80 Å². The molecule has 0 saturated carbocycles. The van der Waals surface area contributed by atoms with Crippen molar-refractivity contribution in [3.63, 3.8) is 0 Å². The number of nitrogens with zero attached hydrogens (tertiary/aromatic N) is 4. The van der Waals surface area contributed by atoms with Crippen molar-refractivity contribution in [2.24, 2.45) is 0 Å². The highest BCUT2D eigenvalue weighted by atomic mass is 15.2. The second kappa shape index (κ2) is 11.6. The topological polar surface area (TPSA) is 16.3 Å². The lowest BCUT2D eigenvalue weighted by molar-refractivity contribution is 1.02. The fourth-order valence-corrected chi connectivity index (χ4v) is 9.46. The Labute approximate surface area is 315 Å². The Kier molecular flexibility index (Phi) is 6.66. The Morgan fingerprint density at radius 3 is 1.11 bits per heavy atom. The van der Waals surface area contributed by atoms with Crippen LogP contribution in [0.1, 0.15) is 17.0 Å². The maximum atomic E-state index is 2.53. The largest absolute Gasteiger partial charge is 0.315 e. The molecule has 0 fully saturated rings. The average Bonchev–Trinajstić information content (AvgIpc) is 3.75. The molecule has 0 radical (unpaired) electrons. The van der Waals surface area contributed by atoms with Crippen molar-refractivity contribution in [2.45, 2.75) is 20.8 Å². The van der Waals surface area contributed by atoms with E-state index in [2.05, 4.69) is 210 Å².